The minimum atomic E-state index is 0.681. The number of aryl methyl sites for hydroxylation is 2. The number of piperidine rings is 1. The molecule has 200 valence electrons. The lowest BCUT2D eigenvalue weighted by atomic mass is 10.1. The highest BCUT2D eigenvalue weighted by atomic mass is 32.1. The summed E-state index contributed by atoms with van der Waals surface area (Å²) in [5, 5.41) is 29.2. The molecule has 0 saturated carbocycles. The predicted octanol–water partition coefficient (Wildman–Crippen LogP) is 11.1. The molecule has 8 nitrogen and oxygen atoms in total. The number of unbranched alkanes of at least 4 members (excludes halogenated alkanes) is 1. The van der Waals surface area contributed by atoms with E-state index in [0.29, 0.717) is 5.13 Å². The molecule has 0 spiro atoms. The zero-order valence-corrected chi connectivity index (χ0v) is 24.0. The molecule has 1 saturated heterocycles. The predicted molar refractivity (Wildman–Crippen MR) is 161 cm³/mol. The third kappa shape index (κ3) is 7.70. The van der Waals surface area contributed by atoms with Gasteiger partial charge in [0, 0.05) is 24.2 Å². The van der Waals surface area contributed by atoms with Gasteiger partial charge in [-0.1, -0.05) is 36.0 Å². The lowest BCUT2D eigenvalue weighted by Crippen LogP contribution is -2.28. The number of benzene rings is 2. The molecule has 0 N–H and O–H groups in total. The number of rotatable bonds is 10. The average Bonchev–Trinajstić information content (AvgIpc) is 3.64. The van der Waals surface area contributed by atoms with E-state index in [9.17, 15) is 0 Å². The smallest absolute Gasteiger partial charge is 0.230 e. The summed E-state index contributed by atoms with van der Waals surface area (Å²) in [7, 11) is 0. The van der Waals surface area contributed by atoms with Gasteiger partial charge in [-0.15, -0.1) is 20.5 Å². The van der Waals surface area contributed by atoms with E-state index in [0.717, 1.165) is 52.8 Å². The fourth-order valence-electron chi connectivity index (χ4n) is 4.18. The molecule has 4 aromatic rings. The van der Waals surface area contributed by atoms with E-state index in [4.69, 9.17) is 0 Å². The summed E-state index contributed by atoms with van der Waals surface area (Å²) in [5.74, 6) is 0. The van der Waals surface area contributed by atoms with E-state index in [-0.39, 0.29) is 0 Å². The standard InChI is InChI=1S/C29H32N8S2/c1-3-4-8-25-20-30-29(38-25)36-32-23-11-9-22(10-12-23)31-34-26-14-13-24(19-21(26)2)33-35-27-15-16-28(39-27)37-17-6-5-7-18-37/h9-16,19-20H,3-8,17-18H2,1-2H3. The van der Waals surface area contributed by atoms with Crippen molar-refractivity contribution < 1.29 is 0 Å². The molecule has 0 aliphatic carbocycles. The van der Waals surface area contributed by atoms with Gasteiger partial charge < -0.3 is 4.90 Å². The van der Waals surface area contributed by atoms with Crippen molar-refractivity contribution in [2.45, 2.75) is 52.4 Å². The molecule has 0 amide bonds. The van der Waals surface area contributed by atoms with Crippen molar-refractivity contribution in [2.75, 3.05) is 18.0 Å². The topological polar surface area (TPSA) is 90.3 Å². The molecule has 5 rings (SSSR count). The molecule has 39 heavy (non-hydrogen) atoms. The van der Waals surface area contributed by atoms with Gasteiger partial charge in [0.05, 0.1) is 27.8 Å². The summed E-state index contributed by atoms with van der Waals surface area (Å²) in [5.41, 5.74) is 4.08. The van der Waals surface area contributed by atoms with Crippen LogP contribution < -0.4 is 4.90 Å². The summed E-state index contributed by atoms with van der Waals surface area (Å²) in [6.07, 6.45) is 9.14. The molecule has 0 radical (unpaired) electrons. The number of thiophene rings is 1. The lowest BCUT2D eigenvalue weighted by molar-refractivity contribution is 0.580. The molecular weight excluding hydrogens is 525 g/mol. The number of nitrogens with zero attached hydrogens (tertiary/aromatic N) is 8. The first-order valence-electron chi connectivity index (χ1n) is 13.4. The molecule has 1 fully saturated rings. The van der Waals surface area contributed by atoms with Gasteiger partial charge in [0.15, 0.2) is 0 Å². The molecular formula is C29H32N8S2. The molecule has 3 heterocycles. The second-order valence-electron chi connectivity index (χ2n) is 9.46. The Morgan fingerprint density at radius 1 is 0.769 bits per heavy atom. The number of thiazole rings is 1. The Hall–Kier alpha value is -3.63. The minimum Gasteiger partial charge on any atom is -0.363 e. The Morgan fingerprint density at radius 3 is 2.23 bits per heavy atom. The highest BCUT2D eigenvalue weighted by molar-refractivity contribution is 7.19. The van der Waals surface area contributed by atoms with Crippen LogP contribution in [-0.2, 0) is 6.42 Å². The Labute approximate surface area is 237 Å². The van der Waals surface area contributed by atoms with Crippen molar-refractivity contribution in [1.29, 1.82) is 0 Å². The maximum absolute atomic E-state index is 4.45. The van der Waals surface area contributed by atoms with E-state index < -0.39 is 0 Å². The molecule has 2 aromatic carbocycles. The zero-order valence-electron chi connectivity index (χ0n) is 22.3. The Kier molecular flexibility index (Phi) is 9.29. The molecule has 2 aromatic heterocycles. The van der Waals surface area contributed by atoms with Gasteiger partial charge in [0.2, 0.25) is 5.13 Å². The minimum absolute atomic E-state index is 0.681. The van der Waals surface area contributed by atoms with E-state index in [2.05, 4.69) is 53.6 Å². The van der Waals surface area contributed by atoms with Gasteiger partial charge in [0.25, 0.3) is 0 Å². The van der Waals surface area contributed by atoms with Crippen molar-refractivity contribution in [3.8, 4) is 0 Å². The number of hydrogen-bond donors (Lipinski definition) is 0. The van der Waals surface area contributed by atoms with E-state index in [1.54, 1.807) is 22.7 Å². The van der Waals surface area contributed by atoms with E-state index in [1.807, 2.05) is 61.7 Å². The highest BCUT2D eigenvalue weighted by Gasteiger charge is 2.12. The Balaban J connectivity index is 1.16. The van der Waals surface area contributed by atoms with Crippen LogP contribution >= 0.6 is 22.7 Å². The van der Waals surface area contributed by atoms with Crippen LogP contribution in [-0.4, -0.2) is 18.1 Å². The Bertz CT molecular complexity index is 1450. The highest BCUT2D eigenvalue weighted by Crippen LogP contribution is 2.35. The van der Waals surface area contributed by atoms with Crippen LogP contribution in [0.3, 0.4) is 0 Å². The molecule has 1 aliphatic rings. The summed E-state index contributed by atoms with van der Waals surface area (Å²) in [6.45, 7) is 6.46. The number of anilines is 1. The molecule has 10 heteroatoms. The number of azo groups is 3. The third-order valence-electron chi connectivity index (χ3n) is 6.38. The van der Waals surface area contributed by atoms with Gasteiger partial charge in [-0.05, 0) is 99.2 Å². The molecule has 0 unspecified atom stereocenters. The van der Waals surface area contributed by atoms with E-state index >= 15 is 0 Å². The number of hydrogen-bond acceptors (Lipinski definition) is 10. The van der Waals surface area contributed by atoms with Crippen LogP contribution in [0.25, 0.3) is 0 Å². The first-order valence-corrected chi connectivity index (χ1v) is 15.0. The van der Waals surface area contributed by atoms with Crippen LogP contribution in [0.4, 0.5) is 37.9 Å². The summed E-state index contributed by atoms with van der Waals surface area (Å²) in [4.78, 5) is 8.03. The average molecular weight is 557 g/mol. The molecule has 0 atom stereocenters. The maximum atomic E-state index is 4.45. The van der Waals surface area contributed by atoms with Gasteiger partial charge in [-0.3, -0.25) is 0 Å². The van der Waals surface area contributed by atoms with E-state index in [1.165, 1.54) is 42.0 Å². The van der Waals surface area contributed by atoms with Crippen molar-refractivity contribution in [3.63, 3.8) is 0 Å². The van der Waals surface area contributed by atoms with Gasteiger partial charge in [0.1, 0.15) is 5.00 Å². The Morgan fingerprint density at radius 2 is 1.49 bits per heavy atom. The second-order valence-corrected chi connectivity index (χ2v) is 11.6. The SMILES string of the molecule is CCCCc1cnc(N=Nc2ccc(N=Nc3ccc(N=Nc4ccc(N5CCCCC5)s4)cc3C)cc2)s1. The van der Waals surface area contributed by atoms with Gasteiger partial charge >= 0.3 is 0 Å². The molecule has 0 bridgehead atoms. The summed E-state index contributed by atoms with van der Waals surface area (Å²) in [6, 6.07) is 17.5. The van der Waals surface area contributed by atoms with Crippen molar-refractivity contribution >= 4 is 60.6 Å². The fourth-order valence-corrected chi connectivity index (χ4v) is 5.84. The zero-order chi connectivity index (χ0) is 26.9. The lowest BCUT2D eigenvalue weighted by Gasteiger charge is -2.26. The second kappa shape index (κ2) is 13.4. The van der Waals surface area contributed by atoms with Crippen molar-refractivity contribution in [3.05, 3.63) is 71.2 Å². The quantitative estimate of drug-likeness (QED) is 0.182. The van der Waals surface area contributed by atoms with Crippen LogP contribution in [0.1, 0.15) is 49.5 Å². The normalized spacial score (nSPS) is 14.4. The largest absolute Gasteiger partial charge is 0.363 e. The first-order chi connectivity index (χ1) is 19.2. The summed E-state index contributed by atoms with van der Waals surface area (Å²) < 4.78 is 0. The monoisotopic (exact) mass is 556 g/mol. The number of aromatic nitrogens is 1. The summed E-state index contributed by atoms with van der Waals surface area (Å²) >= 11 is 3.29. The maximum Gasteiger partial charge on any atom is 0.230 e. The van der Waals surface area contributed by atoms with Crippen LogP contribution in [0.2, 0.25) is 0 Å². The van der Waals surface area contributed by atoms with Gasteiger partial charge in [-0.25, -0.2) is 4.98 Å². The first kappa shape index (κ1) is 27.0. The van der Waals surface area contributed by atoms with Crippen molar-refractivity contribution in [1.82, 2.24) is 4.98 Å². The fraction of sp³-hybridized carbons (Fsp3) is 0.345. The van der Waals surface area contributed by atoms with Gasteiger partial charge in [-0.2, -0.15) is 10.2 Å². The van der Waals surface area contributed by atoms with Crippen LogP contribution in [0, 0.1) is 6.92 Å². The van der Waals surface area contributed by atoms with Crippen molar-refractivity contribution in [2.24, 2.45) is 30.7 Å². The van der Waals surface area contributed by atoms with Crippen LogP contribution in [0.5, 0.6) is 0 Å². The third-order valence-corrected chi connectivity index (χ3v) is 8.35. The van der Waals surface area contributed by atoms with Crippen LogP contribution in [0.15, 0.2) is 91.5 Å². The molecule has 1 aliphatic heterocycles.